The van der Waals surface area contributed by atoms with Crippen LogP contribution in [0.15, 0.2) is 53.3 Å². The molecule has 2 aromatic carbocycles. The van der Waals surface area contributed by atoms with Crippen LogP contribution < -0.4 is 16.6 Å². The maximum atomic E-state index is 11.9. The van der Waals surface area contributed by atoms with E-state index in [0.29, 0.717) is 29.0 Å². The van der Waals surface area contributed by atoms with Gasteiger partial charge >= 0.3 is 0 Å². The molecule has 110 valence electrons. The number of nitrogens with two attached hydrogens (primary N) is 1. The van der Waals surface area contributed by atoms with Crippen LogP contribution >= 0.6 is 0 Å². The molecule has 0 radical (unpaired) electrons. The van der Waals surface area contributed by atoms with Crippen molar-refractivity contribution in [3.05, 3.63) is 70.0 Å². The highest BCUT2D eigenvalue weighted by atomic mass is 16.1. The van der Waals surface area contributed by atoms with E-state index in [2.05, 4.69) is 15.3 Å². The van der Waals surface area contributed by atoms with Crippen molar-refractivity contribution in [2.75, 3.05) is 5.32 Å². The van der Waals surface area contributed by atoms with E-state index in [1.807, 2.05) is 6.07 Å². The Balaban J connectivity index is 1.79. The monoisotopic (exact) mass is 294 g/mol. The van der Waals surface area contributed by atoms with Crippen LogP contribution in [0.4, 0.5) is 5.95 Å². The van der Waals surface area contributed by atoms with Gasteiger partial charge in [0, 0.05) is 12.1 Å². The molecule has 1 heterocycles. The Labute approximate surface area is 126 Å². The molecule has 4 N–H and O–H groups in total. The molecule has 0 aliphatic carbocycles. The Morgan fingerprint density at radius 2 is 1.86 bits per heavy atom. The number of anilines is 1. The summed E-state index contributed by atoms with van der Waals surface area (Å²) in [7, 11) is 0. The van der Waals surface area contributed by atoms with Gasteiger partial charge in [0.15, 0.2) is 0 Å². The summed E-state index contributed by atoms with van der Waals surface area (Å²) < 4.78 is 0. The van der Waals surface area contributed by atoms with Gasteiger partial charge in [0.1, 0.15) is 0 Å². The normalized spacial score (nSPS) is 10.5. The van der Waals surface area contributed by atoms with E-state index in [9.17, 15) is 9.59 Å². The molecule has 1 amide bonds. The van der Waals surface area contributed by atoms with Crippen LogP contribution in [-0.2, 0) is 6.54 Å². The molecule has 6 nitrogen and oxygen atoms in total. The predicted octanol–water partition coefficient (Wildman–Crippen LogP) is 1.63. The lowest BCUT2D eigenvalue weighted by atomic mass is 10.1. The zero-order chi connectivity index (χ0) is 15.5. The van der Waals surface area contributed by atoms with Gasteiger partial charge in [0.05, 0.1) is 10.9 Å². The summed E-state index contributed by atoms with van der Waals surface area (Å²) in [5, 5.41) is 3.61. The van der Waals surface area contributed by atoms with Crippen molar-refractivity contribution < 1.29 is 4.79 Å². The lowest BCUT2D eigenvalue weighted by Crippen LogP contribution is -2.13. The fraction of sp³-hybridized carbons (Fsp3) is 0.0625. The molecule has 0 bridgehead atoms. The molecular formula is C16H14N4O2. The van der Waals surface area contributed by atoms with Crippen molar-refractivity contribution in [2.45, 2.75) is 6.54 Å². The van der Waals surface area contributed by atoms with Crippen molar-refractivity contribution in [3.63, 3.8) is 0 Å². The van der Waals surface area contributed by atoms with Crippen molar-refractivity contribution in [1.29, 1.82) is 0 Å². The topological polar surface area (TPSA) is 101 Å². The number of nitrogens with zero attached hydrogens (tertiary/aromatic N) is 1. The lowest BCUT2D eigenvalue weighted by Gasteiger charge is -2.07. The number of para-hydroxylation sites is 1. The van der Waals surface area contributed by atoms with Crippen LogP contribution in [-0.4, -0.2) is 15.9 Å². The smallest absolute Gasteiger partial charge is 0.260 e. The van der Waals surface area contributed by atoms with Crippen molar-refractivity contribution in [3.8, 4) is 0 Å². The first-order chi connectivity index (χ1) is 10.6. The van der Waals surface area contributed by atoms with Gasteiger partial charge in [0.2, 0.25) is 11.9 Å². The van der Waals surface area contributed by atoms with Gasteiger partial charge in [-0.1, -0.05) is 24.3 Å². The number of hydrogen-bond donors (Lipinski definition) is 3. The fourth-order valence-corrected chi connectivity index (χ4v) is 2.14. The number of fused-ring (bicyclic) bond motifs is 1. The Morgan fingerprint density at radius 3 is 2.59 bits per heavy atom. The van der Waals surface area contributed by atoms with Crippen LogP contribution in [0.25, 0.3) is 10.9 Å². The van der Waals surface area contributed by atoms with Crippen molar-refractivity contribution in [2.24, 2.45) is 5.73 Å². The van der Waals surface area contributed by atoms with Crippen molar-refractivity contribution >= 4 is 22.8 Å². The molecular weight excluding hydrogens is 280 g/mol. The molecule has 0 unspecified atom stereocenters. The summed E-state index contributed by atoms with van der Waals surface area (Å²) in [6.45, 7) is 0.473. The van der Waals surface area contributed by atoms with Gasteiger partial charge in [-0.2, -0.15) is 0 Å². The summed E-state index contributed by atoms with van der Waals surface area (Å²) in [5.41, 5.74) is 7.05. The molecule has 22 heavy (non-hydrogen) atoms. The number of benzene rings is 2. The minimum absolute atomic E-state index is 0.183. The molecule has 6 heteroatoms. The summed E-state index contributed by atoms with van der Waals surface area (Å²) in [5.74, 6) is -0.0530. The van der Waals surface area contributed by atoms with Gasteiger partial charge in [-0.15, -0.1) is 0 Å². The van der Waals surface area contributed by atoms with Crippen LogP contribution in [0.3, 0.4) is 0 Å². The Hall–Kier alpha value is -3.15. The SMILES string of the molecule is NC(=O)c1ccc(CNc2nc3ccccc3c(=O)[nH]2)cc1. The number of H-pyrrole nitrogens is 1. The minimum atomic E-state index is -0.458. The van der Waals surface area contributed by atoms with E-state index < -0.39 is 5.91 Å². The highest BCUT2D eigenvalue weighted by Gasteiger charge is 2.03. The van der Waals surface area contributed by atoms with Gasteiger partial charge in [0.25, 0.3) is 5.56 Å². The number of primary amides is 1. The Bertz CT molecular complexity index is 885. The maximum Gasteiger partial charge on any atom is 0.260 e. The lowest BCUT2D eigenvalue weighted by molar-refractivity contribution is 0.100. The molecule has 0 aliphatic heterocycles. The van der Waals surface area contributed by atoms with Gasteiger partial charge in [-0.25, -0.2) is 4.98 Å². The van der Waals surface area contributed by atoms with Crippen LogP contribution in [0.1, 0.15) is 15.9 Å². The van der Waals surface area contributed by atoms with Gasteiger partial charge in [-0.3, -0.25) is 14.6 Å². The molecule has 1 aromatic heterocycles. The summed E-state index contributed by atoms with van der Waals surface area (Å²) in [6, 6.07) is 14.1. The average Bonchev–Trinajstić information content (AvgIpc) is 2.53. The molecule has 3 aromatic rings. The molecule has 0 saturated carbocycles. The third-order valence-electron chi connectivity index (χ3n) is 3.31. The Morgan fingerprint density at radius 1 is 1.14 bits per heavy atom. The molecule has 0 aliphatic rings. The fourth-order valence-electron chi connectivity index (χ4n) is 2.14. The van der Waals surface area contributed by atoms with E-state index in [1.165, 1.54) is 0 Å². The first kappa shape index (κ1) is 13.8. The molecule has 3 rings (SSSR count). The third kappa shape index (κ3) is 2.80. The van der Waals surface area contributed by atoms with Crippen LogP contribution in [0.2, 0.25) is 0 Å². The highest BCUT2D eigenvalue weighted by molar-refractivity contribution is 5.92. The number of nitrogens with one attached hydrogen (secondary N) is 2. The first-order valence-corrected chi connectivity index (χ1v) is 6.75. The standard InChI is InChI=1S/C16H14N4O2/c17-14(21)11-7-5-10(6-8-11)9-18-16-19-13-4-2-1-3-12(13)15(22)20-16/h1-8H,9H2,(H2,17,21)(H2,18,19,20,22). The number of carbonyl (C=O) groups excluding carboxylic acids is 1. The minimum Gasteiger partial charge on any atom is -0.366 e. The zero-order valence-corrected chi connectivity index (χ0v) is 11.7. The van der Waals surface area contributed by atoms with Crippen molar-refractivity contribution in [1.82, 2.24) is 9.97 Å². The first-order valence-electron chi connectivity index (χ1n) is 6.75. The molecule has 0 spiro atoms. The number of amides is 1. The summed E-state index contributed by atoms with van der Waals surface area (Å²) >= 11 is 0. The maximum absolute atomic E-state index is 11.9. The summed E-state index contributed by atoms with van der Waals surface area (Å²) in [6.07, 6.45) is 0. The second kappa shape index (κ2) is 5.69. The summed E-state index contributed by atoms with van der Waals surface area (Å²) in [4.78, 5) is 30.0. The van der Waals surface area contributed by atoms with E-state index in [0.717, 1.165) is 5.56 Å². The Kier molecular flexibility index (Phi) is 3.57. The van der Waals surface area contributed by atoms with Crippen LogP contribution in [0.5, 0.6) is 0 Å². The zero-order valence-electron chi connectivity index (χ0n) is 11.7. The number of aromatic amines is 1. The second-order valence-corrected chi connectivity index (χ2v) is 4.85. The predicted molar refractivity (Wildman–Crippen MR) is 84.7 cm³/mol. The van der Waals surface area contributed by atoms with E-state index >= 15 is 0 Å². The molecule has 0 fully saturated rings. The highest BCUT2D eigenvalue weighted by Crippen LogP contribution is 2.09. The van der Waals surface area contributed by atoms with E-state index in [-0.39, 0.29) is 5.56 Å². The number of carbonyl (C=O) groups is 1. The largest absolute Gasteiger partial charge is 0.366 e. The number of aromatic nitrogens is 2. The average molecular weight is 294 g/mol. The number of rotatable bonds is 4. The van der Waals surface area contributed by atoms with E-state index in [4.69, 9.17) is 5.73 Å². The van der Waals surface area contributed by atoms with Crippen LogP contribution in [0, 0.1) is 0 Å². The quantitative estimate of drug-likeness (QED) is 0.680. The van der Waals surface area contributed by atoms with Gasteiger partial charge in [-0.05, 0) is 29.8 Å². The number of hydrogen-bond acceptors (Lipinski definition) is 4. The third-order valence-corrected chi connectivity index (χ3v) is 3.31. The molecule has 0 saturated heterocycles. The molecule has 0 atom stereocenters. The second-order valence-electron chi connectivity index (χ2n) is 4.85. The van der Waals surface area contributed by atoms with E-state index in [1.54, 1.807) is 42.5 Å². The van der Waals surface area contributed by atoms with Gasteiger partial charge < -0.3 is 11.1 Å².